The summed E-state index contributed by atoms with van der Waals surface area (Å²) >= 11 is 2.81. The summed E-state index contributed by atoms with van der Waals surface area (Å²) in [4.78, 5) is 25.4. The first-order valence-electron chi connectivity index (χ1n) is 6.74. The molecule has 21 heavy (non-hydrogen) atoms. The molecule has 0 bridgehead atoms. The Labute approximate surface area is 132 Å². The lowest BCUT2D eigenvalue weighted by molar-refractivity contribution is 0.0901. The maximum absolute atomic E-state index is 12.1. The number of amides is 2. The van der Waals surface area contributed by atoms with Gasteiger partial charge in [0.15, 0.2) is 0 Å². The van der Waals surface area contributed by atoms with E-state index in [1.165, 1.54) is 22.7 Å². The Bertz CT molecular complexity index is 577. The van der Waals surface area contributed by atoms with Crippen molar-refractivity contribution in [3.8, 4) is 0 Å². The molecule has 0 aliphatic rings. The van der Waals surface area contributed by atoms with E-state index < -0.39 is 0 Å². The monoisotopic (exact) mass is 322 g/mol. The van der Waals surface area contributed by atoms with Gasteiger partial charge < -0.3 is 10.6 Å². The van der Waals surface area contributed by atoms with Crippen molar-refractivity contribution in [3.63, 3.8) is 0 Å². The number of rotatable bonds is 6. The van der Waals surface area contributed by atoms with Crippen LogP contribution in [0.25, 0.3) is 0 Å². The molecule has 6 heteroatoms. The Morgan fingerprint density at radius 2 is 1.62 bits per heavy atom. The van der Waals surface area contributed by atoms with Crippen LogP contribution in [0, 0.1) is 5.92 Å². The van der Waals surface area contributed by atoms with Gasteiger partial charge in [0, 0.05) is 12.6 Å². The first-order chi connectivity index (χ1) is 10.1. The molecule has 1 atom stereocenters. The van der Waals surface area contributed by atoms with Gasteiger partial charge in [-0.3, -0.25) is 9.59 Å². The van der Waals surface area contributed by atoms with Gasteiger partial charge in [-0.2, -0.15) is 0 Å². The smallest absolute Gasteiger partial charge is 0.261 e. The highest BCUT2D eigenvalue weighted by Gasteiger charge is 2.19. The summed E-state index contributed by atoms with van der Waals surface area (Å²) in [5, 5.41) is 9.60. The summed E-state index contributed by atoms with van der Waals surface area (Å²) in [5.74, 6) is 0.0487. The van der Waals surface area contributed by atoms with E-state index in [-0.39, 0.29) is 23.8 Å². The third-order valence-corrected chi connectivity index (χ3v) is 4.83. The van der Waals surface area contributed by atoms with Crippen LogP contribution in [0.3, 0.4) is 0 Å². The fourth-order valence-electron chi connectivity index (χ4n) is 1.80. The van der Waals surface area contributed by atoms with Crippen molar-refractivity contribution in [1.29, 1.82) is 0 Å². The van der Waals surface area contributed by atoms with Crippen molar-refractivity contribution >= 4 is 34.5 Å². The van der Waals surface area contributed by atoms with Gasteiger partial charge in [0.25, 0.3) is 11.8 Å². The zero-order chi connectivity index (χ0) is 15.2. The molecule has 2 N–H and O–H groups in total. The van der Waals surface area contributed by atoms with Gasteiger partial charge in [0.2, 0.25) is 0 Å². The van der Waals surface area contributed by atoms with Crippen LogP contribution in [0.15, 0.2) is 35.0 Å². The molecule has 0 radical (unpaired) electrons. The second-order valence-electron chi connectivity index (χ2n) is 4.99. The highest BCUT2D eigenvalue weighted by molar-refractivity contribution is 7.12. The van der Waals surface area contributed by atoms with Gasteiger partial charge in [-0.05, 0) is 28.8 Å². The average Bonchev–Trinajstić information content (AvgIpc) is 3.14. The Morgan fingerprint density at radius 3 is 2.10 bits per heavy atom. The molecular formula is C15H18N2O2S2. The van der Waals surface area contributed by atoms with Gasteiger partial charge in [0.1, 0.15) is 0 Å². The zero-order valence-corrected chi connectivity index (χ0v) is 13.6. The number of carbonyl (C=O) groups excluding carboxylic acids is 2. The molecule has 0 spiro atoms. The maximum atomic E-state index is 12.1. The molecule has 0 aliphatic heterocycles. The summed E-state index contributed by atoms with van der Waals surface area (Å²) in [6.07, 6.45) is 0. The fourth-order valence-corrected chi connectivity index (χ4v) is 3.07. The van der Waals surface area contributed by atoms with Crippen LogP contribution in [0.4, 0.5) is 0 Å². The number of hydrogen-bond donors (Lipinski definition) is 2. The van der Waals surface area contributed by atoms with Crippen molar-refractivity contribution in [3.05, 3.63) is 44.8 Å². The fraction of sp³-hybridized carbons (Fsp3) is 0.333. The van der Waals surface area contributed by atoms with E-state index in [0.717, 1.165) is 0 Å². The van der Waals surface area contributed by atoms with E-state index >= 15 is 0 Å². The van der Waals surface area contributed by atoms with Crippen molar-refractivity contribution < 1.29 is 9.59 Å². The van der Waals surface area contributed by atoms with Gasteiger partial charge in [-0.15, -0.1) is 22.7 Å². The largest absolute Gasteiger partial charge is 0.349 e. The van der Waals surface area contributed by atoms with Crippen LogP contribution >= 0.6 is 22.7 Å². The van der Waals surface area contributed by atoms with Crippen molar-refractivity contribution in [2.75, 3.05) is 6.54 Å². The minimum absolute atomic E-state index is 0.0888. The van der Waals surface area contributed by atoms with Crippen LogP contribution in [0.5, 0.6) is 0 Å². The third kappa shape index (κ3) is 4.41. The molecule has 2 aromatic rings. The van der Waals surface area contributed by atoms with E-state index in [1.807, 2.05) is 36.7 Å². The van der Waals surface area contributed by atoms with Crippen LogP contribution < -0.4 is 10.6 Å². The van der Waals surface area contributed by atoms with E-state index in [0.29, 0.717) is 16.3 Å². The van der Waals surface area contributed by atoms with Gasteiger partial charge >= 0.3 is 0 Å². The predicted molar refractivity (Wildman–Crippen MR) is 87.1 cm³/mol. The molecule has 0 aromatic carbocycles. The third-order valence-electron chi connectivity index (χ3n) is 3.09. The van der Waals surface area contributed by atoms with Crippen molar-refractivity contribution in [2.24, 2.45) is 5.92 Å². The number of nitrogens with one attached hydrogen (secondary N) is 2. The molecule has 0 saturated heterocycles. The van der Waals surface area contributed by atoms with Crippen LogP contribution in [0.2, 0.25) is 0 Å². The second kappa shape index (κ2) is 7.38. The minimum atomic E-state index is -0.0963. The lowest BCUT2D eigenvalue weighted by atomic mass is 10.0. The van der Waals surface area contributed by atoms with Gasteiger partial charge in [-0.1, -0.05) is 26.0 Å². The maximum Gasteiger partial charge on any atom is 0.261 e. The Kier molecular flexibility index (Phi) is 5.52. The average molecular weight is 322 g/mol. The summed E-state index contributed by atoms with van der Waals surface area (Å²) in [7, 11) is 0. The summed E-state index contributed by atoms with van der Waals surface area (Å²) in [6, 6.07) is 7.18. The Morgan fingerprint density at radius 1 is 1.05 bits per heavy atom. The normalized spacial score (nSPS) is 12.1. The molecule has 4 nitrogen and oxygen atoms in total. The van der Waals surface area contributed by atoms with Crippen molar-refractivity contribution in [2.45, 2.75) is 19.9 Å². The molecule has 0 fully saturated rings. The molecular weight excluding hydrogens is 304 g/mol. The van der Waals surface area contributed by atoms with Gasteiger partial charge in [0.05, 0.1) is 9.75 Å². The molecule has 0 saturated carbocycles. The summed E-state index contributed by atoms with van der Waals surface area (Å²) in [6.45, 7) is 4.47. The molecule has 2 aromatic heterocycles. The first-order valence-corrected chi connectivity index (χ1v) is 8.50. The van der Waals surface area contributed by atoms with Crippen LogP contribution in [-0.4, -0.2) is 24.4 Å². The van der Waals surface area contributed by atoms with Crippen molar-refractivity contribution in [1.82, 2.24) is 10.6 Å². The lowest BCUT2D eigenvalue weighted by Gasteiger charge is -2.22. The molecule has 112 valence electrons. The highest BCUT2D eigenvalue weighted by atomic mass is 32.1. The summed E-state index contributed by atoms with van der Waals surface area (Å²) < 4.78 is 0. The molecule has 1 unspecified atom stereocenters. The van der Waals surface area contributed by atoms with E-state index in [9.17, 15) is 9.59 Å². The zero-order valence-electron chi connectivity index (χ0n) is 12.0. The van der Waals surface area contributed by atoms with Gasteiger partial charge in [-0.25, -0.2) is 0 Å². The molecule has 0 aliphatic carbocycles. The minimum Gasteiger partial charge on any atom is -0.349 e. The predicted octanol–water partition coefficient (Wildman–Crippen LogP) is 2.99. The van der Waals surface area contributed by atoms with Crippen LogP contribution in [-0.2, 0) is 0 Å². The van der Waals surface area contributed by atoms with E-state index in [4.69, 9.17) is 0 Å². The Balaban J connectivity index is 1.90. The molecule has 2 rings (SSSR count). The quantitative estimate of drug-likeness (QED) is 0.859. The van der Waals surface area contributed by atoms with E-state index in [1.54, 1.807) is 12.1 Å². The SMILES string of the molecule is CC(C)C(CNC(=O)c1cccs1)NC(=O)c1cccs1. The van der Waals surface area contributed by atoms with Crippen LogP contribution in [0.1, 0.15) is 33.2 Å². The summed E-state index contributed by atoms with van der Waals surface area (Å²) in [5.41, 5.74) is 0. The highest BCUT2D eigenvalue weighted by Crippen LogP contribution is 2.11. The topological polar surface area (TPSA) is 58.2 Å². The molecule has 2 amide bonds. The Hall–Kier alpha value is -1.66. The van der Waals surface area contributed by atoms with E-state index in [2.05, 4.69) is 10.6 Å². The lowest BCUT2D eigenvalue weighted by Crippen LogP contribution is -2.46. The number of thiophene rings is 2. The molecule has 2 heterocycles. The first kappa shape index (κ1) is 15.7. The standard InChI is InChI=1S/C15H18N2O2S2/c1-10(2)11(17-15(19)13-6-4-8-21-13)9-16-14(18)12-5-3-7-20-12/h3-8,10-11H,9H2,1-2H3,(H,16,18)(H,17,19). The second-order valence-corrected chi connectivity index (χ2v) is 6.88. The number of carbonyl (C=O) groups is 2. The number of hydrogen-bond acceptors (Lipinski definition) is 4.